The molecule has 0 radical (unpaired) electrons. The molecule has 0 aliphatic rings. The zero-order valence-electron chi connectivity index (χ0n) is 18.3. The third-order valence-corrected chi connectivity index (χ3v) is 5.76. The zero-order valence-corrected chi connectivity index (χ0v) is 19.1. The molecular weight excluding hydrogens is 451 g/mol. The first-order valence-electron chi connectivity index (χ1n) is 10.5. The normalized spacial score (nSPS) is 11.8. The van der Waals surface area contributed by atoms with Gasteiger partial charge in [-0.05, 0) is 35.9 Å². The molecule has 1 unspecified atom stereocenters. The molecule has 4 rings (SSSR count). The summed E-state index contributed by atoms with van der Waals surface area (Å²) in [5, 5.41) is 4.99. The van der Waals surface area contributed by atoms with E-state index in [9.17, 15) is 14.0 Å². The van der Waals surface area contributed by atoms with Gasteiger partial charge in [-0.1, -0.05) is 48.5 Å². The second-order valence-electron chi connectivity index (χ2n) is 7.30. The fourth-order valence-electron chi connectivity index (χ4n) is 3.37. The van der Waals surface area contributed by atoms with Gasteiger partial charge >= 0.3 is 0 Å². The fourth-order valence-corrected chi connectivity index (χ4v) is 4.22. The maximum absolute atomic E-state index is 14.3. The van der Waals surface area contributed by atoms with Crippen LogP contribution in [0.5, 0.6) is 0 Å². The number of para-hydroxylation sites is 1. The maximum atomic E-state index is 14.3. The van der Waals surface area contributed by atoms with E-state index in [0.29, 0.717) is 16.5 Å². The summed E-state index contributed by atoms with van der Waals surface area (Å²) >= 11 is 1.18. The first kappa shape index (κ1) is 23.0. The largest absolute Gasteiger partial charge is 0.340 e. The number of hydrogen-bond acceptors (Lipinski definition) is 5. The van der Waals surface area contributed by atoms with Crippen LogP contribution in [-0.4, -0.2) is 21.8 Å². The Bertz CT molecular complexity index is 1270. The van der Waals surface area contributed by atoms with Crippen LogP contribution in [0.3, 0.4) is 0 Å². The molecule has 8 heteroatoms. The van der Waals surface area contributed by atoms with E-state index < -0.39 is 11.9 Å². The van der Waals surface area contributed by atoms with Gasteiger partial charge in [0.05, 0.1) is 23.1 Å². The molecule has 6 nitrogen and oxygen atoms in total. The van der Waals surface area contributed by atoms with Gasteiger partial charge in [0.15, 0.2) is 5.13 Å². The summed E-state index contributed by atoms with van der Waals surface area (Å²) in [7, 11) is 0. The van der Waals surface area contributed by atoms with Crippen LogP contribution >= 0.6 is 11.3 Å². The number of anilines is 2. The Morgan fingerprint density at radius 2 is 1.76 bits per heavy atom. The molecule has 0 aliphatic heterocycles. The van der Waals surface area contributed by atoms with Crippen LogP contribution in [0.25, 0.3) is 6.08 Å². The number of benzene rings is 2. The van der Waals surface area contributed by atoms with Crippen molar-refractivity contribution in [3.63, 3.8) is 0 Å². The van der Waals surface area contributed by atoms with Crippen molar-refractivity contribution < 1.29 is 14.0 Å². The van der Waals surface area contributed by atoms with Crippen LogP contribution in [0.4, 0.5) is 15.2 Å². The fraction of sp³-hybridized carbons (Fsp3) is 0.0769. The smallest absolute Gasteiger partial charge is 0.244 e. The molecule has 1 N–H and O–H groups in total. The molecule has 0 aliphatic carbocycles. The molecule has 0 fully saturated rings. The molecule has 34 heavy (non-hydrogen) atoms. The predicted molar refractivity (Wildman–Crippen MR) is 131 cm³/mol. The van der Waals surface area contributed by atoms with E-state index in [1.807, 2.05) is 48.5 Å². The predicted octanol–water partition coefficient (Wildman–Crippen LogP) is 5.28. The van der Waals surface area contributed by atoms with E-state index in [2.05, 4.69) is 15.3 Å². The van der Waals surface area contributed by atoms with Gasteiger partial charge in [-0.15, -0.1) is 11.3 Å². The number of nitrogens with zero attached hydrogens (tertiary/aromatic N) is 3. The van der Waals surface area contributed by atoms with Gasteiger partial charge in [-0.3, -0.25) is 19.5 Å². The van der Waals surface area contributed by atoms with E-state index in [-0.39, 0.29) is 17.5 Å². The third kappa shape index (κ3) is 5.41. The minimum Gasteiger partial charge on any atom is -0.340 e. The highest BCUT2D eigenvalue weighted by atomic mass is 32.1. The van der Waals surface area contributed by atoms with Crippen LogP contribution in [0.2, 0.25) is 0 Å². The molecule has 4 aromatic rings. The van der Waals surface area contributed by atoms with Crippen LogP contribution in [0.15, 0.2) is 90.4 Å². The number of halogens is 1. The first-order chi connectivity index (χ1) is 16.5. The second kappa shape index (κ2) is 10.6. The highest BCUT2D eigenvalue weighted by Gasteiger charge is 2.21. The van der Waals surface area contributed by atoms with Crippen LogP contribution in [-0.2, 0) is 9.59 Å². The highest BCUT2D eigenvalue weighted by Crippen LogP contribution is 2.31. The van der Waals surface area contributed by atoms with Gasteiger partial charge in [0.25, 0.3) is 0 Å². The number of nitrogens with one attached hydrogen (secondary N) is 1. The number of rotatable bonds is 7. The number of thiazole rings is 1. The van der Waals surface area contributed by atoms with Crippen LogP contribution < -0.4 is 10.2 Å². The molecule has 0 saturated carbocycles. The van der Waals surface area contributed by atoms with E-state index >= 15 is 0 Å². The standard InChI is InChI=1S/C26H21FN4O2S/c1-18(32)31(23-13-6-5-11-21(23)27)26-29-20(17-34-26)14-15-24(33)30-25(19-9-3-2-4-10-19)22-12-7-8-16-28-22/h2-17,25H,1H3,(H,30,33)/b15-14+. The van der Waals surface area contributed by atoms with Crippen molar-refractivity contribution in [2.24, 2.45) is 0 Å². The lowest BCUT2D eigenvalue weighted by Crippen LogP contribution is -2.28. The Morgan fingerprint density at radius 1 is 1.03 bits per heavy atom. The van der Waals surface area contributed by atoms with Crippen molar-refractivity contribution in [2.45, 2.75) is 13.0 Å². The molecule has 2 aromatic heterocycles. The summed E-state index contributed by atoms with van der Waals surface area (Å²) in [6, 6.07) is 20.7. The number of aromatic nitrogens is 2. The lowest BCUT2D eigenvalue weighted by molar-refractivity contribution is -0.117. The van der Waals surface area contributed by atoms with E-state index in [4.69, 9.17) is 0 Å². The monoisotopic (exact) mass is 472 g/mol. The molecule has 0 saturated heterocycles. The van der Waals surface area contributed by atoms with Gasteiger partial charge < -0.3 is 5.32 Å². The molecular formula is C26H21FN4O2S. The summed E-state index contributed by atoms with van der Waals surface area (Å²) in [5.74, 6) is -1.22. The van der Waals surface area contributed by atoms with Crippen molar-refractivity contribution in [3.05, 3.63) is 113 Å². The van der Waals surface area contributed by atoms with Crippen molar-refractivity contribution in [1.82, 2.24) is 15.3 Å². The summed E-state index contributed by atoms with van der Waals surface area (Å²) < 4.78 is 14.3. The number of pyridine rings is 1. The molecule has 0 bridgehead atoms. The van der Waals surface area contributed by atoms with E-state index in [0.717, 1.165) is 5.56 Å². The van der Waals surface area contributed by atoms with Crippen molar-refractivity contribution in [2.75, 3.05) is 4.90 Å². The lowest BCUT2D eigenvalue weighted by atomic mass is 10.0. The Labute approximate surface area is 200 Å². The third-order valence-electron chi connectivity index (χ3n) is 4.92. The van der Waals surface area contributed by atoms with Gasteiger partial charge in [-0.2, -0.15) is 0 Å². The maximum Gasteiger partial charge on any atom is 0.244 e. The van der Waals surface area contributed by atoms with Crippen molar-refractivity contribution in [1.29, 1.82) is 0 Å². The highest BCUT2D eigenvalue weighted by molar-refractivity contribution is 7.14. The quantitative estimate of drug-likeness (QED) is 0.371. The SMILES string of the molecule is CC(=O)N(c1nc(/C=C/C(=O)NC(c2ccccc2)c2ccccn2)cs1)c1ccccc1F. The molecule has 2 amide bonds. The Morgan fingerprint density at radius 3 is 2.47 bits per heavy atom. The van der Waals surface area contributed by atoms with E-state index in [1.165, 1.54) is 41.4 Å². The Kier molecular flexibility index (Phi) is 7.19. The Balaban J connectivity index is 1.52. The second-order valence-corrected chi connectivity index (χ2v) is 8.14. The number of carbonyl (C=O) groups excluding carboxylic acids is 2. The molecule has 2 heterocycles. The molecule has 2 aromatic carbocycles. The molecule has 0 spiro atoms. The molecule has 170 valence electrons. The number of amides is 2. The van der Waals surface area contributed by atoms with Gasteiger partial charge in [0, 0.05) is 24.6 Å². The van der Waals surface area contributed by atoms with Gasteiger partial charge in [-0.25, -0.2) is 9.37 Å². The summed E-state index contributed by atoms with van der Waals surface area (Å²) in [6.45, 7) is 1.35. The minimum atomic E-state index is -0.522. The van der Waals surface area contributed by atoms with E-state index in [1.54, 1.807) is 29.8 Å². The average molecular weight is 473 g/mol. The zero-order chi connectivity index (χ0) is 23.9. The first-order valence-corrected chi connectivity index (χ1v) is 11.4. The average Bonchev–Trinajstić information content (AvgIpc) is 3.32. The Hall–Kier alpha value is -4.17. The topological polar surface area (TPSA) is 75.2 Å². The summed E-state index contributed by atoms with van der Waals surface area (Å²) in [5.41, 5.74) is 2.22. The van der Waals surface area contributed by atoms with Crippen molar-refractivity contribution >= 4 is 40.0 Å². The number of hydrogen-bond donors (Lipinski definition) is 1. The van der Waals surface area contributed by atoms with Gasteiger partial charge in [0.1, 0.15) is 5.82 Å². The number of carbonyl (C=O) groups is 2. The van der Waals surface area contributed by atoms with Gasteiger partial charge in [0.2, 0.25) is 11.8 Å². The van der Waals surface area contributed by atoms with Crippen LogP contribution in [0, 0.1) is 5.82 Å². The minimum absolute atomic E-state index is 0.124. The summed E-state index contributed by atoms with van der Waals surface area (Å²) in [4.78, 5) is 34.9. The van der Waals surface area contributed by atoms with Crippen molar-refractivity contribution in [3.8, 4) is 0 Å². The lowest BCUT2D eigenvalue weighted by Gasteiger charge is -2.18. The summed E-state index contributed by atoms with van der Waals surface area (Å²) in [6.07, 6.45) is 4.61. The molecule has 1 atom stereocenters. The van der Waals surface area contributed by atoms with Crippen LogP contribution in [0.1, 0.15) is 29.9 Å².